The molecule has 1 aromatic heterocycles. The van der Waals surface area contributed by atoms with Crippen molar-refractivity contribution in [3.05, 3.63) is 24.4 Å². The molecular formula is C18H32Cl2N4O. The van der Waals surface area contributed by atoms with Gasteiger partial charge in [0, 0.05) is 25.7 Å². The highest BCUT2D eigenvalue weighted by molar-refractivity contribution is 5.85. The van der Waals surface area contributed by atoms with Gasteiger partial charge in [-0.2, -0.15) is 0 Å². The summed E-state index contributed by atoms with van der Waals surface area (Å²) in [5.74, 6) is 2.30. The Labute approximate surface area is 164 Å². The Kier molecular flexibility index (Phi) is 13.6. The number of nitrogens with zero attached hydrogens (tertiary/aromatic N) is 1. The number of halogens is 2. The fraction of sp³-hybridized carbons (Fsp3) is 0.667. The summed E-state index contributed by atoms with van der Waals surface area (Å²) in [6.07, 6.45) is 6.87. The van der Waals surface area contributed by atoms with Crippen LogP contribution < -0.4 is 16.0 Å². The number of amides is 1. The van der Waals surface area contributed by atoms with Crippen LogP contribution in [0.1, 0.15) is 39.0 Å². The molecule has 1 atom stereocenters. The lowest BCUT2D eigenvalue weighted by Gasteiger charge is -2.27. The van der Waals surface area contributed by atoms with Gasteiger partial charge < -0.3 is 16.0 Å². The van der Waals surface area contributed by atoms with Crippen molar-refractivity contribution in [2.24, 2.45) is 11.8 Å². The zero-order valence-corrected chi connectivity index (χ0v) is 16.6. The number of rotatable bonds is 9. The number of hydrogen-bond acceptors (Lipinski definition) is 4. The summed E-state index contributed by atoms with van der Waals surface area (Å²) in [6.45, 7) is 6.06. The number of piperidine rings is 1. The van der Waals surface area contributed by atoms with Crippen LogP contribution in [0.25, 0.3) is 0 Å². The topological polar surface area (TPSA) is 66.0 Å². The highest BCUT2D eigenvalue weighted by atomic mass is 35.5. The van der Waals surface area contributed by atoms with Crippen LogP contribution >= 0.6 is 24.8 Å². The minimum Gasteiger partial charge on any atom is -0.370 e. The molecule has 144 valence electrons. The zero-order valence-electron chi connectivity index (χ0n) is 15.0. The van der Waals surface area contributed by atoms with Crippen molar-refractivity contribution in [1.29, 1.82) is 0 Å². The third-order valence-electron chi connectivity index (χ3n) is 4.59. The van der Waals surface area contributed by atoms with E-state index in [0.29, 0.717) is 18.3 Å². The van der Waals surface area contributed by atoms with Crippen LogP contribution in [0.15, 0.2) is 24.4 Å². The van der Waals surface area contributed by atoms with Crippen LogP contribution in [0.4, 0.5) is 5.82 Å². The van der Waals surface area contributed by atoms with Gasteiger partial charge in [-0.05, 0) is 62.7 Å². The molecule has 0 radical (unpaired) electrons. The SMILES string of the molecule is CC(CC(=O)NCCCCNc1ccccn1)C1CCNCC1.Cl.Cl. The van der Waals surface area contributed by atoms with E-state index in [9.17, 15) is 4.79 Å². The van der Waals surface area contributed by atoms with Crippen molar-refractivity contribution in [2.75, 3.05) is 31.5 Å². The first-order valence-electron chi connectivity index (χ1n) is 8.88. The Morgan fingerprint density at radius 3 is 2.64 bits per heavy atom. The predicted molar refractivity (Wildman–Crippen MR) is 109 cm³/mol. The van der Waals surface area contributed by atoms with E-state index >= 15 is 0 Å². The van der Waals surface area contributed by atoms with Crippen LogP contribution in [0.2, 0.25) is 0 Å². The second-order valence-corrected chi connectivity index (χ2v) is 6.47. The first-order chi connectivity index (χ1) is 11.3. The number of pyridine rings is 1. The van der Waals surface area contributed by atoms with E-state index in [1.165, 1.54) is 12.8 Å². The fourth-order valence-electron chi connectivity index (χ4n) is 3.11. The minimum atomic E-state index is 0. The third kappa shape index (κ3) is 9.88. The monoisotopic (exact) mass is 390 g/mol. The van der Waals surface area contributed by atoms with Crippen LogP contribution in [-0.4, -0.2) is 37.1 Å². The lowest BCUT2D eigenvalue weighted by Crippen LogP contribution is -2.33. The average Bonchev–Trinajstić information content (AvgIpc) is 2.59. The summed E-state index contributed by atoms with van der Waals surface area (Å²) in [5.41, 5.74) is 0. The molecule has 0 spiro atoms. The molecule has 0 bridgehead atoms. The van der Waals surface area contributed by atoms with E-state index in [-0.39, 0.29) is 30.7 Å². The molecule has 25 heavy (non-hydrogen) atoms. The van der Waals surface area contributed by atoms with Crippen LogP contribution in [0.3, 0.4) is 0 Å². The number of anilines is 1. The summed E-state index contributed by atoms with van der Waals surface area (Å²) in [6, 6.07) is 5.84. The van der Waals surface area contributed by atoms with Crippen molar-refractivity contribution >= 4 is 36.5 Å². The van der Waals surface area contributed by atoms with Crippen molar-refractivity contribution in [2.45, 2.75) is 39.0 Å². The zero-order chi connectivity index (χ0) is 16.3. The molecule has 0 aromatic carbocycles. The Balaban J connectivity index is 0.00000288. The van der Waals surface area contributed by atoms with Crippen molar-refractivity contribution < 1.29 is 4.79 Å². The van der Waals surface area contributed by atoms with Gasteiger partial charge in [0.05, 0.1) is 0 Å². The van der Waals surface area contributed by atoms with Crippen molar-refractivity contribution in [3.8, 4) is 0 Å². The van der Waals surface area contributed by atoms with Gasteiger partial charge in [0.25, 0.3) is 0 Å². The van der Waals surface area contributed by atoms with Gasteiger partial charge >= 0.3 is 0 Å². The summed E-state index contributed by atoms with van der Waals surface area (Å²) in [7, 11) is 0. The van der Waals surface area contributed by atoms with Crippen molar-refractivity contribution in [3.63, 3.8) is 0 Å². The van der Waals surface area contributed by atoms with E-state index in [4.69, 9.17) is 0 Å². The van der Waals surface area contributed by atoms with Gasteiger partial charge in [-0.1, -0.05) is 13.0 Å². The molecule has 1 aromatic rings. The van der Waals surface area contributed by atoms with E-state index in [2.05, 4.69) is 27.9 Å². The normalized spacial score (nSPS) is 15.4. The van der Waals surface area contributed by atoms with Gasteiger partial charge in [0.2, 0.25) is 5.91 Å². The summed E-state index contributed by atoms with van der Waals surface area (Å²) in [5, 5.41) is 9.71. The second kappa shape index (κ2) is 14.2. The molecule has 0 aliphatic carbocycles. The van der Waals surface area contributed by atoms with E-state index < -0.39 is 0 Å². The Morgan fingerprint density at radius 1 is 1.24 bits per heavy atom. The molecule has 2 rings (SSSR count). The highest BCUT2D eigenvalue weighted by Gasteiger charge is 2.21. The lowest BCUT2D eigenvalue weighted by molar-refractivity contribution is -0.122. The smallest absolute Gasteiger partial charge is 0.220 e. The predicted octanol–water partition coefficient (Wildman–Crippen LogP) is 3.26. The number of nitrogens with one attached hydrogen (secondary N) is 3. The third-order valence-corrected chi connectivity index (χ3v) is 4.59. The summed E-state index contributed by atoms with van der Waals surface area (Å²) < 4.78 is 0. The van der Waals surface area contributed by atoms with Gasteiger partial charge in [0.15, 0.2) is 0 Å². The Hall–Kier alpha value is -1.04. The molecule has 1 unspecified atom stereocenters. The molecule has 2 heterocycles. The van der Waals surface area contributed by atoms with Gasteiger partial charge in [0.1, 0.15) is 5.82 Å². The standard InChI is InChI=1S/C18H30N4O.2ClH/c1-15(16-7-12-19-13-8-16)14-18(23)22-11-5-4-10-21-17-6-2-3-9-20-17;;/h2-3,6,9,15-16,19H,4-5,7-8,10-14H2,1H3,(H,20,21)(H,22,23);2*1H. The molecule has 3 N–H and O–H groups in total. The molecular weight excluding hydrogens is 359 g/mol. The largest absolute Gasteiger partial charge is 0.370 e. The summed E-state index contributed by atoms with van der Waals surface area (Å²) >= 11 is 0. The maximum absolute atomic E-state index is 12.0. The molecule has 5 nitrogen and oxygen atoms in total. The molecule has 1 aliphatic rings. The maximum atomic E-state index is 12.0. The van der Waals surface area contributed by atoms with Gasteiger partial charge in [-0.15, -0.1) is 24.8 Å². The van der Waals surface area contributed by atoms with Gasteiger partial charge in [-0.3, -0.25) is 4.79 Å². The molecule has 1 saturated heterocycles. The summed E-state index contributed by atoms with van der Waals surface area (Å²) in [4.78, 5) is 16.2. The molecule has 1 fully saturated rings. The Bertz CT molecular complexity index is 456. The number of aromatic nitrogens is 1. The van der Waals surface area contributed by atoms with Crippen molar-refractivity contribution in [1.82, 2.24) is 15.6 Å². The fourth-order valence-corrected chi connectivity index (χ4v) is 3.11. The second-order valence-electron chi connectivity index (χ2n) is 6.47. The van der Waals surface area contributed by atoms with E-state index in [1.807, 2.05) is 18.2 Å². The van der Waals surface area contributed by atoms with Gasteiger partial charge in [-0.25, -0.2) is 4.98 Å². The molecule has 7 heteroatoms. The molecule has 1 aliphatic heterocycles. The van der Waals surface area contributed by atoms with Crippen LogP contribution in [0, 0.1) is 11.8 Å². The number of hydrogen-bond donors (Lipinski definition) is 3. The first-order valence-corrected chi connectivity index (χ1v) is 8.88. The lowest BCUT2D eigenvalue weighted by atomic mass is 9.84. The van der Waals surface area contributed by atoms with Crippen LogP contribution in [-0.2, 0) is 4.79 Å². The quantitative estimate of drug-likeness (QED) is 0.566. The van der Waals surface area contributed by atoms with Crippen LogP contribution in [0.5, 0.6) is 0 Å². The Morgan fingerprint density at radius 2 is 1.96 bits per heavy atom. The van der Waals surface area contributed by atoms with E-state index in [0.717, 1.165) is 44.8 Å². The molecule has 0 saturated carbocycles. The van der Waals surface area contributed by atoms with E-state index in [1.54, 1.807) is 6.20 Å². The number of carbonyl (C=O) groups excluding carboxylic acids is 1. The highest BCUT2D eigenvalue weighted by Crippen LogP contribution is 2.24. The first kappa shape index (κ1) is 24.0. The number of carbonyl (C=O) groups is 1. The number of unbranched alkanes of at least 4 members (excludes halogenated alkanes) is 1. The molecule has 1 amide bonds. The minimum absolute atomic E-state index is 0. The average molecular weight is 391 g/mol. The maximum Gasteiger partial charge on any atom is 0.220 e.